The molecule has 0 radical (unpaired) electrons. The number of amides is 1. The van der Waals surface area contributed by atoms with Crippen LogP contribution in [0.5, 0.6) is 5.75 Å². The van der Waals surface area contributed by atoms with Gasteiger partial charge in [0.05, 0.1) is 18.5 Å². The Morgan fingerprint density at radius 2 is 1.68 bits per heavy atom. The monoisotopic (exact) mass is 409 g/mol. The summed E-state index contributed by atoms with van der Waals surface area (Å²) in [4.78, 5) is 12.7. The molecule has 0 aliphatic carbocycles. The third-order valence-electron chi connectivity index (χ3n) is 5.76. The van der Waals surface area contributed by atoms with Gasteiger partial charge in [0.15, 0.2) is 0 Å². The van der Waals surface area contributed by atoms with Crippen LogP contribution in [-0.4, -0.2) is 22.8 Å². The van der Waals surface area contributed by atoms with Crippen molar-refractivity contribution < 1.29 is 9.53 Å². The first-order valence-corrected chi connectivity index (χ1v) is 10.3. The lowest BCUT2D eigenvalue weighted by molar-refractivity contribution is -0.116. The summed E-state index contributed by atoms with van der Waals surface area (Å²) in [5, 5.41) is 8.07. The first-order valence-electron chi connectivity index (χ1n) is 10.3. The molecule has 1 aromatic heterocycles. The van der Waals surface area contributed by atoms with Gasteiger partial charge in [0, 0.05) is 23.5 Å². The van der Waals surface area contributed by atoms with Crippen molar-refractivity contribution in [1.29, 1.82) is 0 Å². The SMILES string of the molecule is COc1ccc([C@H]2CC(=O)Nc3c2c(-c2ccccc2)nn3-c2ccc(C)cc2)cc1. The van der Waals surface area contributed by atoms with E-state index in [2.05, 4.69) is 36.5 Å². The van der Waals surface area contributed by atoms with Gasteiger partial charge in [-0.25, -0.2) is 4.68 Å². The average Bonchev–Trinajstić information content (AvgIpc) is 3.19. The van der Waals surface area contributed by atoms with E-state index in [-0.39, 0.29) is 11.8 Å². The molecular weight excluding hydrogens is 386 g/mol. The minimum absolute atomic E-state index is 0.0128. The van der Waals surface area contributed by atoms with Gasteiger partial charge in [0.2, 0.25) is 5.91 Å². The predicted octanol–water partition coefficient (Wildman–Crippen LogP) is 5.33. The van der Waals surface area contributed by atoms with Crippen LogP contribution in [0, 0.1) is 6.92 Å². The van der Waals surface area contributed by atoms with Crippen LogP contribution in [0.2, 0.25) is 0 Å². The highest BCUT2D eigenvalue weighted by molar-refractivity contribution is 5.96. The fraction of sp³-hybridized carbons (Fsp3) is 0.154. The lowest BCUT2D eigenvalue weighted by Crippen LogP contribution is -2.24. The van der Waals surface area contributed by atoms with Gasteiger partial charge < -0.3 is 10.1 Å². The van der Waals surface area contributed by atoms with Crippen molar-refractivity contribution >= 4 is 11.7 Å². The molecule has 1 aliphatic rings. The van der Waals surface area contributed by atoms with Crippen molar-refractivity contribution in [3.63, 3.8) is 0 Å². The largest absolute Gasteiger partial charge is 0.497 e. The second-order valence-electron chi connectivity index (χ2n) is 7.80. The number of hydrogen-bond acceptors (Lipinski definition) is 3. The van der Waals surface area contributed by atoms with Crippen LogP contribution in [0.15, 0.2) is 78.9 Å². The standard InChI is InChI=1S/C26H23N3O2/c1-17-8-12-20(13-9-17)29-26-24(25(28-29)19-6-4-3-5-7-19)22(16-23(30)27-26)18-10-14-21(31-2)15-11-18/h3-15,22H,16H2,1-2H3,(H,27,30)/t22-/m1/s1. The van der Waals surface area contributed by atoms with Crippen molar-refractivity contribution in [3.05, 3.63) is 95.6 Å². The first-order chi connectivity index (χ1) is 15.1. The van der Waals surface area contributed by atoms with E-state index in [1.54, 1.807) is 7.11 Å². The summed E-state index contributed by atoms with van der Waals surface area (Å²) in [7, 11) is 1.65. The lowest BCUT2D eigenvalue weighted by atomic mass is 9.84. The number of carbonyl (C=O) groups excluding carboxylic acids is 1. The zero-order valence-electron chi connectivity index (χ0n) is 17.5. The molecule has 0 fully saturated rings. The Bertz CT molecular complexity index is 1230. The Kier molecular flexibility index (Phi) is 4.79. The molecule has 5 rings (SSSR count). The fourth-order valence-electron chi connectivity index (χ4n) is 4.15. The molecule has 0 saturated heterocycles. The Labute approximate surface area is 181 Å². The van der Waals surface area contributed by atoms with E-state index < -0.39 is 0 Å². The van der Waals surface area contributed by atoms with Crippen molar-refractivity contribution in [2.45, 2.75) is 19.3 Å². The molecule has 2 heterocycles. The number of aryl methyl sites for hydroxylation is 1. The van der Waals surface area contributed by atoms with E-state index in [1.165, 1.54) is 5.56 Å². The maximum Gasteiger partial charge on any atom is 0.226 e. The smallest absolute Gasteiger partial charge is 0.226 e. The van der Waals surface area contributed by atoms with Crippen LogP contribution >= 0.6 is 0 Å². The molecule has 1 atom stereocenters. The highest BCUT2D eigenvalue weighted by Crippen LogP contribution is 2.44. The molecule has 154 valence electrons. The number of methoxy groups -OCH3 is 1. The summed E-state index contributed by atoms with van der Waals surface area (Å²) >= 11 is 0. The predicted molar refractivity (Wildman–Crippen MR) is 122 cm³/mol. The number of aromatic nitrogens is 2. The summed E-state index contributed by atoms with van der Waals surface area (Å²) in [6.07, 6.45) is 0.374. The van der Waals surface area contributed by atoms with Gasteiger partial charge in [-0.2, -0.15) is 5.10 Å². The van der Waals surface area contributed by atoms with Crippen LogP contribution in [-0.2, 0) is 4.79 Å². The van der Waals surface area contributed by atoms with E-state index in [1.807, 2.05) is 59.3 Å². The summed E-state index contributed by atoms with van der Waals surface area (Å²) in [5.74, 6) is 1.42. The number of nitrogens with zero attached hydrogens (tertiary/aromatic N) is 2. The summed E-state index contributed by atoms with van der Waals surface area (Å²) in [5.41, 5.74) is 6.11. The van der Waals surface area contributed by atoms with Gasteiger partial charge in [-0.05, 0) is 36.8 Å². The molecule has 0 bridgehead atoms. The molecule has 31 heavy (non-hydrogen) atoms. The maximum atomic E-state index is 12.7. The first kappa shape index (κ1) is 19.1. The van der Waals surface area contributed by atoms with E-state index in [0.717, 1.165) is 39.6 Å². The van der Waals surface area contributed by atoms with Crippen LogP contribution in [0.3, 0.4) is 0 Å². The zero-order chi connectivity index (χ0) is 21.4. The van der Waals surface area contributed by atoms with Crippen LogP contribution < -0.4 is 10.1 Å². The van der Waals surface area contributed by atoms with E-state index in [9.17, 15) is 4.79 Å². The second kappa shape index (κ2) is 7.76. The van der Waals surface area contributed by atoms with Crippen molar-refractivity contribution in [2.75, 3.05) is 12.4 Å². The maximum absolute atomic E-state index is 12.7. The number of rotatable bonds is 4. The van der Waals surface area contributed by atoms with Gasteiger partial charge in [0.25, 0.3) is 0 Å². The number of anilines is 1. The third-order valence-corrected chi connectivity index (χ3v) is 5.76. The van der Waals surface area contributed by atoms with E-state index >= 15 is 0 Å². The molecule has 5 heteroatoms. The van der Waals surface area contributed by atoms with E-state index in [0.29, 0.717) is 6.42 Å². The number of fused-ring (bicyclic) bond motifs is 1. The number of nitrogens with one attached hydrogen (secondary N) is 1. The van der Waals surface area contributed by atoms with Crippen LogP contribution in [0.4, 0.5) is 5.82 Å². The summed E-state index contributed by atoms with van der Waals surface area (Å²) < 4.78 is 7.17. The van der Waals surface area contributed by atoms with Crippen molar-refractivity contribution in [2.24, 2.45) is 0 Å². The molecule has 0 saturated carbocycles. The Balaban J connectivity index is 1.73. The third kappa shape index (κ3) is 3.48. The van der Waals surface area contributed by atoms with Gasteiger partial charge in [0.1, 0.15) is 11.6 Å². The normalized spacial score (nSPS) is 15.3. The van der Waals surface area contributed by atoms with Gasteiger partial charge in [-0.3, -0.25) is 4.79 Å². The van der Waals surface area contributed by atoms with Crippen molar-refractivity contribution in [1.82, 2.24) is 9.78 Å². The molecule has 3 aromatic carbocycles. The van der Waals surface area contributed by atoms with Crippen LogP contribution in [0.1, 0.15) is 29.0 Å². The second-order valence-corrected chi connectivity index (χ2v) is 7.80. The summed E-state index contributed by atoms with van der Waals surface area (Å²) in [6, 6.07) is 26.2. The van der Waals surface area contributed by atoms with Gasteiger partial charge in [-0.1, -0.05) is 60.2 Å². The minimum atomic E-state index is -0.0935. The Morgan fingerprint density at radius 1 is 0.968 bits per heavy atom. The molecule has 1 amide bonds. The number of ether oxygens (including phenoxy) is 1. The van der Waals surface area contributed by atoms with Gasteiger partial charge in [-0.15, -0.1) is 0 Å². The van der Waals surface area contributed by atoms with Gasteiger partial charge >= 0.3 is 0 Å². The Hall–Kier alpha value is -3.86. The highest BCUT2D eigenvalue weighted by Gasteiger charge is 2.34. The van der Waals surface area contributed by atoms with Crippen molar-refractivity contribution in [3.8, 4) is 22.7 Å². The molecule has 5 nitrogen and oxygen atoms in total. The topological polar surface area (TPSA) is 56.1 Å². The average molecular weight is 409 g/mol. The number of benzene rings is 3. The molecule has 0 unspecified atom stereocenters. The zero-order valence-corrected chi connectivity index (χ0v) is 17.5. The lowest BCUT2D eigenvalue weighted by Gasteiger charge is -2.25. The van der Waals surface area contributed by atoms with Crippen LogP contribution in [0.25, 0.3) is 16.9 Å². The molecule has 0 spiro atoms. The fourth-order valence-corrected chi connectivity index (χ4v) is 4.15. The molecule has 4 aromatic rings. The number of carbonyl (C=O) groups is 1. The Morgan fingerprint density at radius 3 is 2.35 bits per heavy atom. The minimum Gasteiger partial charge on any atom is -0.497 e. The number of hydrogen-bond donors (Lipinski definition) is 1. The van der Waals surface area contributed by atoms with E-state index in [4.69, 9.17) is 9.84 Å². The molecular formula is C26H23N3O2. The highest BCUT2D eigenvalue weighted by atomic mass is 16.5. The molecule has 1 N–H and O–H groups in total. The molecule has 1 aliphatic heterocycles. The summed E-state index contributed by atoms with van der Waals surface area (Å²) in [6.45, 7) is 2.05. The quantitative estimate of drug-likeness (QED) is 0.496.